The fraction of sp³-hybridized carbons (Fsp3) is 0.312. The first-order chi connectivity index (χ1) is 20.9. The first-order valence-electron chi connectivity index (χ1n) is 14.4. The van der Waals surface area contributed by atoms with Gasteiger partial charge in [-0.2, -0.15) is 0 Å². The van der Waals surface area contributed by atoms with Crippen LogP contribution in [0.25, 0.3) is 21.1 Å². The van der Waals surface area contributed by atoms with Crippen LogP contribution in [0.1, 0.15) is 22.3 Å². The minimum Gasteiger partial charge on any atom is -0.493 e. The maximum absolute atomic E-state index is 12.7. The van der Waals surface area contributed by atoms with Crippen molar-refractivity contribution in [1.29, 1.82) is 0 Å². The molecular weight excluding hydrogens is 562 g/mol. The lowest BCUT2D eigenvalue weighted by atomic mass is 10.1. The number of carbonyl (C=O) groups is 1. The molecule has 10 nitrogen and oxygen atoms in total. The first kappa shape index (κ1) is 28.8. The van der Waals surface area contributed by atoms with Gasteiger partial charge in [0.25, 0.3) is 5.91 Å². The van der Waals surface area contributed by atoms with Crippen molar-refractivity contribution >= 4 is 55.0 Å². The number of thiazole rings is 1. The molecule has 0 radical (unpaired) electrons. The molecule has 0 aliphatic carbocycles. The smallest absolute Gasteiger partial charge is 0.257 e. The van der Waals surface area contributed by atoms with Crippen LogP contribution in [-0.4, -0.2) is 84.1 Å². The molecular formula is C32H35N7O3S. The lowest BCUT2D eigenvalue weighted by molar-refractivity contribution is 0.102. The normalized spacial score (nSPS) is 14.2. The summed E-state index contributed by atoms with van der Waals surface area (Å²) in [5.74, 6) is 1.77. The highest BCUT2D eigenvalue weighted by Crippen LogP contribution is 2.35. The van der Waals surface area contributed by atoms with Gasteiger partial charge in [0.15, 0.2) is 16.6 Å². The third kappa shape index (κ3) is 6.85. The summed E-state index contributed by atoms with van der Waals surface area (Å²) in [6.07, 6.45) is 2.48. The van der Waals surface area contributed by atoms with Crippen LogP contribution in [-0.2, 0) is 0 Å². The maximum atomic E-state index is 12.7. The quantitative estimate of drug-likeness (QED) is 0.200. The van der Waals surface area contributed by atoms with Crippen molar-refractivity contribution in [2.24, 2.45) is 0 Å². The lowest BCUT2D eigenvalue weighted by Gasteiger charge is -2.32. The first-order valence-corrected chi connectivity index (χ1v) is 15.2. The third-order valence-electron chi connectivity index (χ3n) is 7.54. The molecule has 1 aliphatic heterocycles. The second-order valence-electron chi connectivity index (χ2n) is 10.7. The molecule has 222 valence electrons. The average molecular weight is 598 g/mol. The van der Waals surface area contributed by atoms with E-state index >= 15 is 0 Å². The number of likely N-dealkylation sites (N-methyl/N-ethyl adjacent to an activating group) is 1. The number of fused-ring (bicyclic) bond motifs is 2. The summed E-state index contributed by atoms with van der Waals surface area (Å²) < 4.78 is 12.8. The van der Waals surface area contributed by atoms with Gasteiger partial charge in [0.2, 0.25) is 0 Å². The highest BCUT2D eigenvalue weighted by Gasteiger charge is 2.16. The molecule has 6 rings (SSSR count). The van der Waals surface area contributed by atoms with Crippen molar-refractivity contribution in [2.75, 3.05) is 64.1 Å². The summed E-state index contributed by atoms with van der Waals surface area (Å²) >= 11 is 1.43. The molecule has 0 bridgehead atoms. The topological polar surface area (TPSA) is 105 Å². The SMILES string of the molecule is COc1cc2c(Nc3ccc4sc(NC(=O)c5cccc(C)c5)nc4c3)ncnc2cc1OCCCN1CCN(C)CC1. The molecule has 0 spiro atoms. The van der Waals surface area contributed by atoms with Crippen molar-refractivity contribution in [1.82, 2.24) is 24.8 Å². The Morgan fingerprint density at radius 1 is 1.00 bits per heavy atom. The number of amides is 1. The Kier molecular flexibility index (Phi) is 8.64. The Labute approximate surface area is 254 Å². The van der Waals surface area contributed by atoms with Crippen LogP contribution in [0, 0.1) is 6.92 Å². The molecule has 0 saturated carbocycles. The van der Waals surface area contributed by atoms with Gasteiger partial charge >= 0.3 is 0 Å². The van der Waals surface area contributed by atoms with E-state index in [0.717, 1.165) is 71.5 Å². The predicted octanol–water partition coefficient (Wildman–Crippen LogP) is 5.57. The number of hydrogen-bond acceptors (Lipinski definition) is 10. The van der Waals surface area contributed by atoms with Gasteiger partial charge in [-0.1, -0.05) is 29.0 Å². The van der Waals surface area contributed by atoms with Crippen molar-refractivity contribution in [3.05, 3.63) is 72.1 Å². The number of hydrogen-bond donors (Lipinski definition) is 2. The number of nitrogens with one attached hydrogen (secondary N) is 2. The van der Waals surface area contributed by atoms with E-state index < -0.39 is 0 Å². The van der Waals surface area contributed by atoms with Gasteiger partial charge < -0.3 is 24.6 Å². The van der Waals surface area contributed by atoms with Gasteiger partial charge in [0.05, 0.1) is 29.5 Å². The number of carbonyl (C=O) groups excluding carboxylic acids is 1. The number of aromatic nitrogens is 3. The van der Waals surface area contributed by atoms with Gasteiger partial charge in [0.1, 0.15) is 12.1 Å². The molecule has 5 aromatic rings. The zero-order valence-electron chi connectivity index (χ0n) is 24.6. The van der Waals surface area contributed by atoms with Gasteiger partial charge in [0, 0.05) is 55.4 Å². The van der Waals surface area contributed by atoms with Crippen LogP contribution in [0.15, 0.2) is 60.9 Å². The fourth-order valence-electron chi connectivity index (χ4n) is 5.13. The van der Waals surface area contributed by atoms with Crippen molar-refractivity contribution in [3.8, 4) is 11.5 Å². The molecule has 1 amide bonds. The van der Waals surface area contributed by atoms with Gasteiger partial charge in [-0.05, 0) is 56.8 Å². The van der Waals surface area contributed by atoms with Gasteiger partial charge in [-0.3, -0.25) is 10.1 Å². The monoisotopic (exact) mass is 597 g/mol. The van der Waals surface area contributed by atoms with E-state index in [1.807, 2.05) is 55.5 Å². The molecule has 1 aliphatic rings. The van der Waals surface area contributed by atoms with Crippen LogP contribution >= 0.6 is 11.3 Å². The molecule has 2 aromatic heterocycles. The molecule has 0 atom stereocenters. The number of benzene rings is 3. The number of ether oxygens (including phenoxy) is 2. The van der Waals surface area contributed by atoms with Gasteiger partial charge in [-0.25, -0.2) is 15.0 Å². The summed E-state index contributed by atoms with van der Waals surface area (Å²) in [6.45, 7) is 8.01. The summed E-state index contributed by atoms with van der Waals surface area (Å²) in [5.41, 5.74) is 3.98. The highest BCUT2D eigenvalue weighted by molar-refractivity contribution is 7.22. The number of methoxy groups -OCH3 is 1. The molecule has 11 heteroatoms. The number of rotatable bonds is 10. The molecule has 43 heavy (non-hydrogen) atoms. The number of aryl methyl sites for hydroxylation is 1. The summed E-state index contributed by atoms with van der Waals surface area (Å²) in [6, 6.07) is 17.2. The molecule has 3 heterocycles. The Bertz CT molecular complexity index is 1750. The minimum absolute atomic E-state index is 0.180. The van der Waals surface area contributed by atoms with E-state index in [4.69, 9.17) is 9.47 Å². The Morgan fingerprint density at radius 2 is 1.86 bits per heavy atom. The highest BCUT2D eigenvalue weighted by atomic mass is 32.1. The largest absolute Gasteiger partial charge is 0.493 e. The maximum Gasteiger partial charge on any atom is 0.257 e. The Morgan fingerprint density at radius 3 is 2.67 bits per heavy atom. The van der Waals surface area contributed by atoms with Crippen LogP contribution in [0.5, 0.6) is 11.5 Å². The average Bonchev–Trinajstić information content (AvgIpc) is 3.41. The van der Waals surface area contributed by atoms with Crippen molar-refractivity contribution in [3.63, 3.8) is 0 Å². The molecule has 2 N–H and O–H groups in total. The van der Waals surface area contributed by atoms with E-state index in [1.165, 1.54) is 17.7 Å². The van der Waals surface area contributed by atoms with E-state index in [1.54, 1.807) is 13.2 Å². The minimum atomic E-state index is -0.180. The zero-order chi connectivity index (χ0) is 29.8. The Balaban J connectivity index is 1.14. The predicted molar refractivity (Wildman–Crippen MR) is 172 cm³/mol. The van der Waals surface area contributed by atoms with E-state index in [-0.39, 0.29) is 5.91 Å². The van der Waals surface area contributed by atoms with E-state index in [2.05, 4.69) is 42.4 Å². The Hall–Kier alpha value is -4.32. The summed E-state index contributed by atoms with van der Waals surface area (Å²) in [7, 11) is 3.81. The number of piperazine rings is 1. The second kappa shape index (κ2) is 12.9. The number of anilines is 3. The van der Waals surface area contributed by atoms with E-state index in [9.17, 15) is 4.79 Å². The van der Waals surface area contributed by atoms with Crippen molar-refractivity contribution < 1.29 is 14.3 Å². The molecule has 1 fully saturated rings. The standard InChI is InChI=1S/C32H35N7O3S/c1-21-6-4-7-22(16-21)31(40)37-32-36-26-17-23(8-9-29(26)43-32)35-30-24-18-27(41-3)28(19-25(24)33-20-34-30)42-15-5-10-39-13-11-38(2)12-14-39/h4,6-9,16-20H,5,10-15H2,1-3H3,(H,33,34,35)(H,36,37,40). The van der Waals surface area contributed by atoms with Crippen LogP contribution in [0.2, 0.25) is 0 Å². The summed E-state index contributed by atoms with van der Waals surface area (Å²) in [4.78, 5) is 31.2. The molecule has 0 unspecified atom stereocenters. The van der Waals surface area contributed by atoms with Crippen molar-refractivity contribution in [2.45, 2.75) is 13.3 Å². The summed E-state index contributed by atoms with van der Waals surface area (Å²) in [5, 5.41) is 7.69. The third-order valence-corrected chi connectivity index (χ3v) is 8.50. The fourth-order valence-corrected chi connectivity index (χ4v) is 5.97. The van der Waals surface area contributed by atoms with Crippen LogP contribution in [0.3, 0.4) is 0 Å². The lowest BCUT2D eigenvalue weighted by Crippen LogP contribution is -2.44. The number of nitrogens with zero attached hydrogens (tertiary/aromatic N) is 5. The zero-order valence-corrected chi connectivity index (χ0v) is 25.4. The van der Waals surface area contributed by atoms with E-state index in [0.29, 0.717) is 34.6 Å². The van der Waals surface area contributed by atoms with Gasteiger partial charge in [-0.15, -0.1) is 0 Å². The molecule has 3 aromatic carbocycles. The molecule has 1 saturated heterocycles. The van der Waals surface area contributed by atoms with Crippen LogP contribution in [0.4, 0.5) is 16.6 Å². The second-order valence-corrected chi connectivity index (χ2v) is 11.8. The van der Waals surface area contributed by atoms with Crippen LogP contribution < -0.4 is 20.1 Å².